The first-order valence-electron chi connectivity index (χ1n) is 5.15. The van der Waals surface area contributed by atoms with Gasteiger partial charge in [-0.3, -0.25) is 4.98 Å². The maximum Gasteiger partial charge on any atom is 0.0957 e. The van der Waals surface area contributed by atoms with Gasteiger partial charge in [-0.25, -0.2) is 0 Å². The van der Waals surface area contributed by atoms with Crippen molar-refractivity contribution >= 4 is 11.8 Å². The Morgan fingerprint density at radius 2 is 2.27 bits per heavy atom. The van der Waals surface area contributed by atoms with Crippen molar-refractivity contribution in [3.05, 3.63) is 24.0 Å². The van der Waals surface area contributed by atoms with Crippen molar-refractivity contribution in [3.63, 3.8) is 0 Å². The van der Waals surface area contributed by atoms with Crippen LogP contribution < -0.4 is 0 Å². The van der Waals surface area contributed by atoms with Gasteiger partial charge in [-0.1, -0.05) is 6.92 Å². The second-order valence-corrected chi connectivity index (χ2v) is 4.44. The SMILES string of the molecule is CCC(O)c1ccc(SCCCO)cn1. The molecule has 1 heterocycles. The zero-order chi connectivity index (χ0) is 11.1. The molecule has 0 spiro atoms. The minimum absolute atomic E-state index is 0.229. The maximum atomic E-state index is 9.53. The Morgan fingerprint density at radius 3 is 2.80 bits per heavy atom. The number of rotatable bonds is 6. The van der Waals surface area contributed by atoms with Crippen molar-refractivity contribution < 1.29 is 10.2 Å². The number of hydrogen-bond acceptors (Lipinski definition) is 4. The van der Waals surface area contributed by atoms with Gasteiger partial charge in [-0.2, -0.15) is 0 Å². The zero-order valence-electron chi connectivity index (χ0n) is 8.89. The molecule has 3 nitrogen and oxygen atoms in total. The topological polar surface area (TPSA) is 53.4 Å². The standard InChI is InChI=1S/C11H17NO2S/c1-2-11(14)10-5-4-9(8-12-10)15-7-3-6-13/h4-5,8,11,13-14H,2-3,6-7H2,1H3. The summed E-state index contributed by atoms with van der Waals surface area (Å²) in [5.41, 5.74) is 0.726. The van der Waals surface area contributed by atoms with Crippen LogP contribution >= 0.6 is 11.8 Å². The molecule has 1 aromatic heterocycles. The fraction of sp³-hybridized carbons (Fsp3) is 0.545. The fourth-order valence-electron chi connectivity index (χ4n) is 1.14. The predicted molar refractivity (Wildman–Crippen MR) is 61.9 cm³/mol. The average Bonchev–Trinajstić information content (AvgIpc) is 2.29. The normalized spacial score (nSPS) is 12.7. The summed E-state index contributed by atoms with van der Waals surface area (Å²) in [6.45, 7) is 2.16. The van der Waals surface area contributed by atoms with Crippen LogP contribution in [0.2, 0.25) is 0 Å². The largest absolute Gasteiger partial charge is 0.396 e. The van der Waals surface area contributed by atoms with E-state index in [-0.39, 0.29) is 6.61 Å². The van der Waals surface area contributed by atoms with Gasteiger partial charge in [0.15, 0.2) is 0 Å². The molecule has 84 valence electrons. The summed E-state index contributed by atoms with van der Waals surface area (Å²) in [5, 5.41) is 18.2. The van der Waals surface area contributed by atoms with Crippen molar-refractivity contribution in [2.75, 3.05) is 12.4 Å². The van der Waals surface area contributed by atoms with E-state index in [1.54, 1.807) is 18.0 Å². The van der Waals surface area contributed by atoms with Crippen LogP contribution in [0, 0.1) is 0 Å². The summed E-state index contributed by atoms with van der Waals surface area (Å²) in [4.78, 5) is 5.27. The Labute approximate surface area is 94.6 Å². The highest BCUT2D eigenvalue weighted by molar-refractivity contribution is 7.99. The summed E-state index contributed by atoms with van der Waals surface area (Å²) in [6, 6.07) is 3.82. The monoisotopic (exact) mass is 227 g/mol. The molecule has 1 aromatic rings. The second kappa shape index (κ2) is 6.82. The van der Waals surface area contributed by atoms with Gasteiger partial charge >= 0.3 is 0 Å². The van der Waals surface area contributed by atoms with E-state index in [0.29, 0.717) is 6.42 Å². The molecular weight excluding hydrogens is 210 g/mol. The number of thioether (sulfide) groups is 1. The van der Waals surface area contributed by atoms with Gasteiger partial charge in [-0.15, -0.1) is 11.8 Å². The van der Waals surface area contributed by atoms with Crippen LogP contribution in [0.25, 0.3) is 0 Å². The maximum absolute atomic E-state index is 9.53. The molecule has 15 heavy (non-hydrogen) atoms. The molecule has 0 aliphatic heterocycles. The molecule has 0 aliphatic rings. The van der Waals surface area contributed by atoms with Crippen LogP contribution in [0.1, 0.15) is 31.6 Å². The van der Waals surface area contributed by atoms with Crippen LogP contribution in [0.3, 0.4) is 0 Å². The van der Waals surface area contributed by atoms with E-state index >= 15 is 0 Å². The summed E-state index contributed by atoms with van der Waals surface area (Å²) < 4.78 is 0. The van der Waals surface area contributed by atoms with E-state index in [2.05, 4.69) is 4.98 Å². The van der Waals surface area contributed by atoms with Crippen molar-refractivity contribution in [2.45, 2.75) is 30.8 Å². The first kappa shape index (κ1) is 12.5. The molecule has 0 radical (unpaired) electrons. The van der Waals surface area contributed by atoms with E-state index in [1.807, 2.05) is 19.1 Å². The van der Waals surface area contributed by atoms with Crippen molar-refractivity contribution in [1.82, 2.24) is 4.98 Å². The number of aliphatic hydroxyl groups is 2. The lowest BCUT2D eigenvalue weighted by Gasteiger charge is -2.07. The minimum Gasteiger partial charge on any atom is -0.396 e. The van der Waals surface area contributed by atoms with Crippen molar-refractivity contribution in [3.8, 4) is 0 Å². The highest BCUT2D eigenvalue weighted by Gasteiger charge is 2.05. The van der Waals surface area contributed by atoms with Gasteiger partial charge in [0.05, 0.1) is 11.8 Å². The third-order valence-electron chi connectivity index (χ3n) is 2.06. The summed E-state index contributed by atoms with van der Waals surface area (Å²) in [6.07, 6.45) is 2.80. The fourth-order valence-corrected chi connectivity index (χ4v) is 1.94. The molecule has 1 unspecified atom stereocenters. The minimum atomic E-state index is -0.457. The molecule has 0 aromatic carbocycles. The summed E-state index contributed by atoms with van der Waals surface area (Å²) in [7, 11) is 0. The van der Waals surface area contributed by atoms with Gasteiger partial charge in [0.2, 0.25) is 0 Å². The van der Waals surface area contributed by atoms with E-state index in [9.17, 15) is 5.11 Å². The highest BCUT2D eigenvalue weighted by atomic mass is 32.2. The average molecular weight is 227 g/mol. The number of aliphatic hydroxyl groups excluding tert-OH is 2. The van der Waals surface area contributed by atoms with Crippen LogP contribution in [-0.2, 0) is 0 Å². The Hall–Kier alpha value is -0.580. The third kappa shape index (κ3) is 4.20. The molecule has 2 N–H and O–H groups in total. The number of nitrogens with zero attached hydrogens (tertiary/aromatic N) is 1. The Kier molecular flexibility index (Phi) is 5.68. The quantitative estimate of drug-likeness (QED) is 0.576. The van der Waals surface area contributed by atoms with E-state index in [0.717, 1.165) is 22.8 Å². The second-order valence-electron chi connectivity index (χ2n) is 3.27. The molecule has 4 heteroatoms. The smallest absolute Gasteiger partial charge is 0.0957 e. The van der Waals surface area contributed by atoms with Gasteiger partial charge in [0.25, 0.3) is 0 Å². The van der Waals surface area contributed by atoms with Crippen LogP contribution in [0.5, 0.6) is 0 Å². The predicted octanol–water partition coefficient (Wildman–Crippen LogP) is 2.00. The van der Waals surface area contributed by atoms with E-state index < -0.39 is 6.10 Å². The Balaban J connectivity index is 2.49. The first-order chi connectivity index (χ1) is 7.27. The Bertz CT molecular complexity index is 276. The van der Waals surface area contributed by atoms with Crippen molar-refractivity contribution in [2.24, 2.45) is 0 Å². The van der Waals surface area contributed by atoms with Gasteiger partial charge in [0, 0.05) is 23.5 Å². The molecule has 0 amide bonds. The first-order valence-corrected chi connectivity index (χ1v) is 6.14. The van der Waals surface area contributed by atoms with Gasteiger partial charge in [-0.05, 0) is 25.0 Å². The molecule has 0 fully saturated rings. The summed E-state index contributed by atoms with van der Waals surface area (Å²) in [5.74, 6) is 0.897. The molecule has 1 atom stereocenters. The van der Waals surface area contributed by atoms with Crippen LogP contribution in [0.15, 0.2) is 23.2 Å². The molecule has 1 rings (SSSR count). The number of pyridine rings is 1. The Morgan fingerprint density at radius 1 is 1.47 bits per heavy atom. The lowest BCUT2D eigenvalue weighted by atomic mass is 10.2. The van der Waals surface area contributed by atoms with Crippen LogP contribution in [-0.4, -0.2) is 27.6 Å². The highest BCUT2D eigenvalue weighted by Crippen LogP contribution is 2.20. The third-order valence-corrected chi connectivity index (χ3v) is 3.13. The molecule has 0 bridgehead atoms. The molecular formula is C11H17NO2S. The van der Waals surface area contributed by atoms with Crippen molar-refractivity contribution in [1.29, 1.82) is 0 Å². The lowest BCUT2D eigenvalue weighted by Crippen LogP contribution is -1.98. The lowest BCUT2D eigenvalue weighted by molar-refractivity contribution is 0.169. The van der Waals surface area contributed by atoms with Gasteiger partial charge in [0.1, 0.15) is 0 Å². The molecule has 0 saturated carbocycles. The molecule has 0 aliphatic carbocycles. The number of aromatic nitrogens is 1. The van der Waals surface area contributed by atoms with E-state index in [4.69, 9.17) is 5.11 Å². The zero-order valence-corrected chi connectivity index (χ0v) is 9.70. The van der Waals surface area contributed by atoms with Gasteiger partial charge < -0.3 is 10.2 Å². The number of hydrogen-bond donors (Lipinski definition) is 2. The summed E-state index contributed by atoms with van der Waals surface area (Å²) >= 11 is 1.67. The van der Waals surface area contributed by atoms with E-state index in [1.165, 1.54) is 0 Å². The van der Waals surface area contributed by atoms with Crippen LogP contribution in [0.4, 0.5) is 0 Å². The molecule has 0 saturated heterocycles.